The fourth-order valence-corrected chi connectivity index (χ4v) is 5.54. The van der Waals surface area contributed by atoms with E-state index in [2.05, 4.69) is 46.3 Å². The molecular weight excluding hydrogens is 394 g/mol. The molecule has 164 valence electrons. The molecular formula is C23H35N5OS. The first kappa shape index (κ1) is 21.4. The van der Waals surface area contributed by atoms with Crippen molar-refractivity contribution in [2.24, 2.45) is 5.92 Å². The maximum absolute atomic E-state index is 12.0. The van der Waals surface area contributed by atoms with E-state index in [0.717, 1.165) is 44.9 Å². The zero-order valence-electron chi connectivity index (χ0n) is 18.6. The molecule has 30 heavy (non-hydrogen) atoms. The van der Waals surface area contributed by atoms with Crippen molar-refractivity contribution < 1.29 is 4.79 Å². The van der Waals surface area contributed by atoms with E-state index < -0.39 is 0 Å². The second-order valence-electron chi connectivity index (χ2n) is 9.45. The molecule has 7 heteroatoms. The number of hydrogen-bond acceptors (Lipinski definition) is 5. The molecule has 0 spiro atoms. The molecule has 2 fully saturated rings. The fraction of sp³-hybridized carbons (Fsp3) is 0.652. The van der Waals surface area contributed by atoms with Crippen molar-refractivity contribution in [1.82, 2.24) is 19.5 Å². The fourth-order valence-electron chi connectivity index (χ4n) is 4.75. The number of aromatic nitrogens is 1. The van der Waals surface area contributed by atoms with E-state index >= 15 is 0 Å². The molecule has 0 unspecified atom stereocenters. The predicted octanol–water partition coefficient (Wildman–Crippen LogP) is 4.03. The van der Waals surface area contributed by atoms with Crippen LogP contribution in [0.2, 0.25) is 0 Å². The van der Waals surface area contributed by atoms with Gasteiger partial charge in [-0.2, -0.15) is 4.37 Å². The molecule has 1 saturated carbocycles. The Labute approximate surface area is 184 Å². The number of nitrogens with one attached hydrogen (secondary N) is 1. The van der Waals surface area contributed by atoms with Crippen molar-refractivity contribution in [1.29, 1.82) is 0 Å². The van der Waals surface area contributed by atoms with Crippen molar-refractivity contribution in [3.8, 4) is 0 Å². The van der Waals surface area contributed by atoms with Gasteiger partial charge in [0.15, 0.2) is 0 Å². The number of amides is 2. The van der Waals surface area contributed by atoms with Crippen molar-refractivity contribution >= 4 is 33.5 Å². The van der Waals surface area contributed by atoms with Gasteiger partial charge in [0.1, 0.15) is 5.82 Å². The van der Waals surface area contributed by atoms with Crippen LogP contribution in [-0.4, -0.2) is 72.6 Å². The highest BCUT2D eigenvalue weighted by Gasteiger charge is 2.33. The number of hydrogen-bond donors (Lipinski definition) is 1. The number of anilines is 1. The van der Waals surface area contributed by atoms with Crippen LogP contribution in [0.1, 0.15) is 39.0 Å². The Hall–Kier alpha value is -1.86. The van der Waals surface area contributed by atoms with Crippen LogP contribution >= 0.6 is 11.5 Å². The van der Waals surface area contributed by atoms with Gasteiger partial charge < -0.3 is 15.1 Å². The molecule has 1 aromatic carbocycles. The number of rotatable bonds is 5. The summed E-state index contributed by atoms with van der Waals surface area (Å²) >= 11 is 1.61. The van der Waals surface area contributed by atoms with Crippen LogP contribution in [0.5, 0.6) is 0 Å². The Kier molecular flexibility index (Phi) is 6.48. The first-order valence-corrected chi connectivity index (χ1v) is 12.0. The average molecular weight is 430 g/mol. The van der Waals surface area contributed by atoms with Crippen LogP contribution in [0.25, 0.3) is 10.1 Å². The molecule has 0 radical (unpaired) electrons. The number of nitrogens with zero attached hydrogens (tertiary/aromatic N) is 4. The standard InChI is InChI=1S/C23H35N5OS/c1-23(24-22(29)26(2)3)11-8-18(9-12-23)10-13-27-14-16-28(17-15-27)21-19-6-4-5-7-20(19)30-25-21/h4-7,18H,8-17H2,1-3H3,(H,24,29). The summed E-state index contributed by atoms with van der Waals surface area (Å²) in [5, 5.41) is 4.51. The van der Waals surface area contributed by atoms with E-state index in [-0.39, 0.29) is 11.6 Å². The monoisotopic (exact) mass is 429 g/mol. The molecule has 2 aromatic rings. The average Bonchev–Trinajstić information content (AvgIpc) is 3.18. The molecule has 4 rings (SSSR count). The Morgan fingerprint density at radius 1 is 1.20 bits per heavy atom. The molecule has 1 saturated heterocycles. The third-order valence-electron chi connectivity index (χ3n) is 6.91. The number of carbonyl (C=O) groups is 1. The minimum absolute atomic E-state index is 0.0294. The van der Waals surface area contributed by atoms with Gasteiger partial charge >= 0.3 is 6.03 Å². The lowest BCUT2D eigenvalue weighted by atomic mass is 9.76. The number of benzene rings is 1. The highest BCUT2D eigenvalue weighted by atomic mass is 32.1. The molecule has 2 aliphatic rings. The minimum atomic E-state index is -0.0419. The van der Waals surface area contributed by atoms with Crippen molar-refractivity contribution in [3.63, 3.8) is 0 Å². The van der Waals surface area contributed by atoms with Crippen molar-refractivity contribution in [2.75, 3.05) is 51.7 Å². The zero-order valence-corrected chi connectivity index (χ0v) is 19.4. The number of fused-ring (bicyclic) bond motifs is 1. The van der Waals surface area contributed by atoms with Gasteiger partial charge in [-0.25, -0.2) is 4.79 Å². The van der Waals surface area contributed by atoms with Gasteiger partial charge in [-0.3, -0.25) is 4.90 Å². The predicted molar refractivity (Wildman–Crippen MR) is 125 cm³/mol. The third kappa shape index (κ3) is 4.89. The molecule has 1 N–H and O–H groups in total. The van der Waals surface area contributed by atoms with Crippen LogP contribution in [-0.2, 0) is 0 Å². The summed E-state index contributed by atoms with van der Waals surface area (Å²) in [6.07, 6.45) is 5.88. The van der Waals surface area contributed by atoms with E-state index in [0.29, 0.717) is 0 Å². The van der Waals surface area contributed by atoms with Crippen LogP contribution in [0.3, 0.4) is 0 Å². The van der Waals surface area contributed by atoms with E-state index in [1.54, 1.807) is 30.5 Å². The van der Waals surface area contributed by atoms with Crippen LogP contribution in [0.4, 0.5) is 10.6 Å². The van der Waals surface area contributed by atoms with Gasteiger partial charge in [0.2, 0.25) is 0 Å². The number of carbonyl (C=O) groups excluding carboxylic acids is 1. The Morgan fingerprint density at radius 3 is 2.60 bits per heavy atom. The Balaban J connectivity index is 1.20. The lowest BCUT2D eigenvalue weighted by molar-refractivity contribution is 0.162. The lowest BCUT2D eigenvalue weighted by Crippen LogP contribution is -2.51. The molecule has 2 heterocycles. The SMILES string of the molecule is CN(C)C(=O)NC1(C)CCC(CCN2CCN(c3nsc4ccccc34)CC2)CC1. The van der Waals surface area contributed by atoms with E-state index in [4.69, 9.17) is 4.37 Å². The van der Waals surface area contributed by atoms with Gasteiger partial charge in [0.05, 0.1) is 4.70 Å². The maximum atomic E-state index is 12.0. The Bertz CT molecular complexity index is 850. The molecule has 0 atom stereocenters. The van der Waals surface area contributed by atoms with E-state index in [9.17, 15) is 4.79 Å². The van der Waals surface area contributed by atoms with E-state index in [1.165, 1.54) is 41.7 Å². The van der Waals surface area contributed by atoms with Gasteiger partial charge in [-0.15, -0.1) is 0 Å². The third-order valence-corrected chi connectivity index (χ3v) is 7.72. The molecule has 6 nitrogen and oxygen atoms in total. The highest BCUT2D eigenvalue weighted by molar-refractivity contribution is 7.13. The quantitative estimate of drug-likeness (QED) is 0.780. The number of piperazine rings is 1. The van der Waals surface area contributed by atoms with Gasteiger partial charge in [-0.1, -0.05) is 12.1 Å². The summed E-state index contributed by atoms with van der Waals surface area (Å²) < 4.78 is 6.00. The van der Waals surface area contributed by atoms with Gasteiger partial charge in [-0.05, 0) is 75.2 Å². The smallest absolute Gasteiger partial charge is 0.317 e. The summed E-state index contributed by atoms with van der Waals surface area (Å²) in [6, 6.07) is 8.58. The summed E-state index contributed by atoms with van der Waals surface area (Å²) in [7, 11) is 3.61. The van der Waals surface area contributed by atoms with E-state index in [1.807, 2.05) is 0 Å². The van der Waals surface area contributed by atoms with Crippen LogP contribution in [0, 0.1) is 5.92 Å². The van der Waals surface area contributed by atoms with Crippen LogP contribution in [0.15, 0.2) is 24.3 Å². The first-order chi connectivity index (χ1) is 14.4. The molecule has 1 aromatic heterocycles. The first-order valence-electron chi connectivity index (χ1n) is 11.2. The normalized spacial score (nSPS) is 25.4. The van der Waals surface area contributed by atoms with Gasteiger partial charge in [0, 0.05) is 51.2 Å². The molecule has 0 bridgehead atoms. The lowest BCUT2D eigenvalue weighted by Gasteiger charge is -2.40. The summed E-state index contributed by atoms with van der Waals surface area (Å²) in [6.45, 7) is 7.76. The maximum Gasteiger partial charge on any atom is 0.317 e. The highest BCUT2D eigenvalue weighted by Crippen LogP contribution is 2.34. The zero-order chi connectivity index (χ0) is 21.1. The van der Waals surface area contributed by atoms with Crippen molar-refractivity contribution in [2.45, 2.75) is 44.6 Å². The van der Waals surface area contributed by atoms with Crippen LogP contribution < -0.4 is 10.2 Å². The Morgan fingerprint density at radius 2 is 1.90 bits per heavy atom. The summed E-state index contributed by atoms with van der Waals surface area (Å²) in [5.74, 6) is 1.96. The molecule has 1 aliphatic carbocycles. The van der Waals surface area contributed by atoms with Crippen molar-refractivity contribution in [3.05, 3.63) is 24.3 Å². The number of urea groups is 1. The summed E-state index contributed by atoms with van der Waals surface area (Å²) in [4.78, 5) is 18.7. The summed E-state index contributed by atoms with van der Waals surface area (Å²) in [5.41, 5.74) is -0.0419. The van der Waals surface area contributed by atoms with Gasteiger partial charge in [0.25, 0.3) is 0 Å². The largest absolute Gasteiger partial charge is 0.353 e. The minimum Gasteiger partial charge on any atom is -0.353 e. The molecule has 1 aliphatic heterocycles. The second kappa shape index (κ2) is 9.10. The molecule has 2 amide bonds. The second-order valence-corrected chi connectivity index (χ2v) is 10.3. The topological polar surface area (TPSA) is 51.7 Å².